The fourth-order valence-corrected chi connectivity index (χ4v) is 6.75. The van der Waals surface area contributed by atoms with Gasteiger partial charge in [0.05, 0.1) is 25.4 Å². The number of nitrogens with zero attached hydrogens (tertiary/aromatic N) is 2. The summed E-state index contributed by atoms with van der Waals surface area (Å²) in [4.78, 5) is 49.0. The summed E-state index contributed by atoms with van der Waals surface area (Å²) in [5.41, 5.74) is 1.25. The minimum Gasteiger partial charge on any atom is -0.480 e. The molecule has 0 aliphatic heterocycles. The third-order valence-corrected chi connectivity index (χ3v) is 10.8. The first kappa shape index (κ1) is 46.6. The van der Waals surface area contributed by atoms with Crippen LogP contribution in [0.1, 0.15) is 52.8 Å². The third kappa shape index (κ3) is 11.6. The Morgan fingerprint density at radius 1 is 0.593 bits per heavy atom. The molecule has 2 heterocycles. The minimum atomic E-state index is -0.800. The van der Waals surface area contributed by atoms with Crippen molar-refractivity contribution in [1.29, 1.82) is 0 Å². The zero-order chi connectivity index (χ0) is 41.9. The van der Waals surface area contributed by atoms with Crippen molar-refractivity contribution in [3.63, 3.8) is 0 Å². The molecule has 2 N–H and O–H groups in total. The molecule has 0 unspecified atom stereocenters. The molecule has 0 radical (unpaired) electrons. The number of aliphatic hydroxyl groups is 2. The largest absolute Gasteiger partial charge is 0.480 e. The molecule has 0 saturated heterocycles. The summed E-state index contributed by atoms with van der Waals surface area (Å²) >= 11 is 25.1. The molecule has 4 aromatic rings. The van der Waals surface area contributed by atoms with Gasteiger partial charge in [-0.3, -0.25) is 0 Å². The van der Waals surface area contributed by atoms with E-state index in [0.29, 0.717) is 22.3 Å². The van der Waals surface area contributed by atoms with Gasteiger partial charge in [-0.1, -0.05) is 95.0 Å². The van der Waals surface area contributed by atoms with Crippen molar-refractivity contribution < 1.29 is 74.9 Å². The third-order valence-electron chi connectivity index (χ3n) is 7.54. The first-order valence-electron chi connectivity index (χ1n) is 16.1. The van der Waals surface area contributed by atoms with E-state index in [-0.39, 0.29) is 83.0 Å². The standard InChI is InChI=1S/2C19H13Cl2NO6S.Fe/c2*1-26-18(24)13-11(9-27-19(25)15-14(20)16(21)29-22-15)7-4-8-12(13)28-17(23)10-5-2-3-6-10;/h2*2-8,23H,9H2,1H3;. The summed E-state index contributed by atoms with van der Waals surface area (Å²) in [6, 6.07) is 9.23. The second-order valence-corrected chi connectivity index (χ2v) is 14.6. The van der Waals surface area contributed by atoms with Crippen LogP contribution in [0.2, 0.25) is 18.7 Å². The molecule has 0 atom stereocenters. The summed E-state index contributed by atoms with van der Waals surface area (Å²) in [6.45, 7) is -0.577. The van der Waals surface area contributed by atoms with Crippen molar-refractivity contribution in [2.24, 2.45) is 0 Å². The molecule has 308 valence electrons. The van der Waals surface area contributed by atoms with Crippen LogP contribution in [0.25, 0.3) is 0 Å². The Bertz CT molecular complexity index is 2260. The predicted molar refractivity (Wildman–Crippen MR) is 215 cm³/mol. The van der Waals surface area contributed by atoms with E-state index in [0.717, 1.165) is 23.1 Å². The van der Waals surface area contributed by atoms with Crippen LogP contribution in [0, 0.1) is 0 Å². The number of allylic oxidation sites excluding steroid dienone is 10. The fourth-order valence-electron chi connectivity index (χ4n) is 4.79. The number of aromatic nitrogens is 2. The summed E-state index contributed by atoms with van der Waals surface area (Å²) in [5, 5.41) is 20.3. The van der Waals surface area contributed by atoms with E-state index in [2.05, 4.69) is 8.75 Å². The van der Waals surface area contributed by atoms with Crippen LogP contribution in [-0.2, 0) is 49.2 Å². The average molecular weight is 964 g/mol. The molecule has 0 amide bonds. The Morgan fingerprint density at radius 3 is 1.25 bits per heavy atom. The second-order valence-electron chi connectivity index (χ2n) is 11.1. The molecule has 0 spiro atoms. The first-order valence-corrected chi connectivity index (χ1v) is 19.2. The molecule has 2 aromatic heterocycles. The number of esters is 4. The van der Waals surface area contributed by atoms with Crippen molar-refractivity contribution >= 4 is 93.3 Å². The van der Waals surface area contributed by atoms with Gasteiger partial charge in [0.15, 0.2) is 11.4 Å². The number of methoxy groups -OCH3 is 2. The van der Waals surface area contributed by atoms with Crippen LogP contribution >= 0.6 is 69.5 Å². The average Bonchev–Trinajstić information content (AvgIpc) is 4.07. The van der Waals surface area contributed by atoms with Crippen LogP contribution in [0.3, 0.4) is 0 Å². The number of rotatable bonds is 12. The summed E-state index contributed by atoms with van der Waals surface area (Å²) in [7, 11) is 2.40. The molecule has 2 aliphatic carbocycles. The molecule has 6 rings (SSSR count). The zero-order valence-corrected chi connectivity index (χ0v) is 35.8. The maximum Gasteiger partial charge on any atom is 0.360 e. The maximum atomic E-state index is 12.3. The van der Waals surface area contributed by atoms with Gasteiger partial charge in [-0.15, -0.1) is 0 Å². The van der Waals surface area contributed by atoms with Crippen LogP contribution in [0.5, 0.6) is 11.5 Å². The normalized spacial score (nSPS) is 12.0. The Balaban J connectivity index is 0.000000256. The summed E-state index contributed by atoms with van der Waals surface area (Å²) in [5.74, 6) is -3.75. The number of carbonyl (C=O) groups excluding carboxylic acids is 4. The molecule has 0 bridgehead atoms. The minimum absolute atomic E-state index is 0. The molecule has 0 fully saturated rings. The van der Waals surface area contributed by atoms with Crippen molar-refractivity contribution in [1.82, 2.24) is 8.75 Å². The summed E-state index contributed by atoms with van der Waals surface area (Å²) in [6.07, 6.45) is 13.5. The van der Waals surface area contributed by atoms with E-state index < -0.39 is 35.8 Å². The second kappa shape index (κ2) is 21.8. The number of hydrogen-bond acceptors (Lipinski definition) is 16. The Hall–Kier alpha value is -5.10. The van der Waals surface area contributed by atoms with Crippen molar-refractivity contribution in [2.45, 2.75) is 13.2 Å². The number of halogens is 4. The van der Waals surface area contributed by atoms with E-state index in [4.69, 9.17) is 74.8 Å². The van der Waals surface area contributed by atoms with Gasteiger partial charge >= 0.3 is 23.9 Å². The molecule has 14 nitrogen and oxygen atoms in total. The van der Waals surface area contributed by atoms with Gasteiger partial charge < -0.3 is 38.6 Å². The number of ether oxygens (including phenoxy) is 6. The number of carbonyl (C=O) groups is 4. The summed E-state index contributed by atoms with van der Waals surface area (Å²) < 4.78 is 38.9. The van der Waals surface area contributed by atoms with Gasteiger partial charge in [0.1, 0.15) is 54.6 Å². The molecule has 0 saturated carbocycles. The van der Waals surface area contributed by atoms with E-state index in [1.165, 1.54) is 26.4 Å². The zero-order valence-electron chi connectivity index (χ0n) is 30.1. The van der Waals surface area contributed by atoms with E-state index in [1.807, 2.05) is 0 Å². The van der Waals surface area contributed by atoms with Gasteiger partial charge in [-0.05, 0) is 59.5 Å². The fraction of sp³-hybridized carbons (Fsp3) is 0.105. The van der Waals surface area contributed by atoms with Crippen LogP contribution in [0.15, 0.2) is 108 Å². The van der Waals surface area contributed by atoms with Gasteiger partial charge in [-0.2, -0.15) is 8.75 Å². The Labute approximate surface area is 373 Å². The maximum absolute atomic E-state index is 12.3. The topological polar surface area (TPSA) is 190 Å². The molecular weight excluding hydrogens is 938 g/mol. The van der Waals surface area contributed by atoms with Gasteiger partial charge in [0.2, 0.25) is 0 Å². The molecule has 59 heavy (non-hydrogen) atoms. The van der Waals surface area contributed by atoms with Crippen LogP contribution in [0.4, 0.5) is 0 Å². The van der Waals surface area contributed by atoms with Gasteiger partial charge in [-0.25, -0.2) is 19.2 Å². The quantitative estimate of drug-likeness (QED) is 0.0591. The van der Waals surface area contributed by atoms with E-state index in [9.17, 15) is 29.4 Å². The number of benzene rings is 2. The Kier molecular flexibility index (Phi) is 17.2. The number of aliphatic hydroxyl groups excluding tert-OH is 2. The van der Waals surface area contributed by atoms with Crippen molar-refractivity contribution in [3.05, 3.63) is 160 Å². The molecule has 21 heteroatoms. The smallest absolute Gasteiger partial charge is 0.360 e. The molecular formula is C38H26Cl4FeN2O12S2. The SMILES string of the molecule is COC(=O)c1c(COC(=O)c2nsc(Cl)c2Cl)cccc1OC(O)=C1C=CC=C1.COC(=O)c1c(COC(=O)c2nsc(Cl)c2Cl)cccc1OC(O)=C1C=CC=C1.[Fe]. The predicted octanol–water partition coefficient (Wildman–Crippen LogP) is 9.73. The van der Waals surface area contributed by atoms with Crippen molar-refractivity contribution in [3.8, 4) is 11.5 Å². The van der Waals surface area contributed by atoms with E-state index in [1.54, 1.807) is 72.9 Å². The number of hydrogen-bond donors (Lipinski definition) is 2. The molecule has 2 aliphatic rings. The van der Waals surface area contributed by atoms with Crippen LogP contribution in [-0.4, -0.2) is 57.1 Å². The first-order chi connectivity index (χ1) is 27.8. The van der Waals surface area contributed by atoms with Crippen molar-refractivity contribution in [2.75, 3.05) is 14.2 Å². The van der Waals surface area contributed by atoms with Crippen LogP contribution < -0.4 is 9.47 Å². The van der Waals surface area contributed by atoms with Gasteiger partial charge in [0, 0.05) is 28.2 Å². The molecule has 2 aromatic carbocycles. The monoisotopic (exact) mass is 962 g/mol. The van der Waals surface area contributed by atoms with Gasteiger partial charge in [0.25, 0.3) is 11.9 Å². The Morgan fingerprint density at radius 2 is 0.949 bits per heavy atom. The van der Waals surface area contributed by atoms with E-state index >= 15 is 0 Å².